The van der Waals surface area contributed by atoms with Crippen LogP contribution in [0.2, 0.25) is 0 Å². The van der Waals surface area contributed by atoms with Crippen molar-refractivity contribution < 1.29 is 4.21 Å². The molecular weight excluding hydrogens is 266 g/mol. The Morgan fingerprint density at radius 1 is 1.25 bits per heavy atom. The highest BCUT2D eigenvalue weighted by molar-refractivity contribution is 7.84. The summed E-state index contributed by atoms with van der Waals surface area (Å²) in [6.07, 6.45) is 6.46. The lowest BCUT2D eigenvalue weighted by Gasteiger charge is -2.24. The first-order chi connectivity index (χ1) is 9.79. The van der Waals surface area contributed by atoms with Gasteiger partial charge in [-0.2, -0.15) is 0 Å². The van der Waals surface area contributed by atoms with Crippen LogP contribution in [0.5, 0.6) is 0 Å². The molecule has 1 aromatic rings. The number of hydrogen-bond donors (Lipinski definition) is 1. The van der Waals surface area contributed by atoms with Crippen LogP contribution in [0.15, 0.2) is 30.3 Å². The van der Waals surface area contributed by atoms with Gasteiger partial charge in [-0.1, -0.05) is 50.1 Å². The maximum atomic E-state index is 12.4. The molecule has 0 bridgehead atoms. The zero-order valence-corrected chi connectivity index (χ0v) is 13.3. The third kappa shape index (κ3) is 5.02. The largest absolute Gasteiger partial charge is 0.313 e. The highest BCUT2D eigenvalue weighted by atomic mass is 32.2. The lowest BCUT2D eigenvalue weighted by molar-refractivity contribution is 0.385. The average Bonchev–Trinajstić information content (AvgIpc) is 2.98. The van der Waals surface area contributed by atoms with Gasteiger partial charge in [0.05, 0.1) is 0 Å². The number of benzene rings is 1. The van der Waals surface area contributed by atoms with E-state index in [4.69, 9.17) is 0 Å². The van der Waals surface area contributed by atoms with Crippen LogP contribution < -0.4 is 5.32 Å². The highest BCUT2D eigenvalue weighted by Gasteiger charge is 2.25. The highest BCUT2D eigenvalue weighted by Crippen LogP contribution is 2.28. The summed E-state index contributed by atoms with van der Waals surface area (Å²) in [4.78, 5) is 0. The molecule has 2 atom stereocenters. The lowest BCUT2D eigenvalue weighted by atomic mass is 10.00. The number of rotatable bonds is 8. The summed E-state index contributed by atoms with van der Waals surface area (Å²) >= 11 is 0. The van der Waals surface area contributed by atoms with E-state index in [-0.39, 0.29) is 0 Å². The molecule has 1 saturated carbocycles. The second kappa shape index (κ2) is 8.58. The minimum atomic E-state index is -0.763. The second-order valence-corrected chi connectivity index (χ2v) is 7.34. The molecule has 0 spiro atoms. The summed E-state index contributed by atoms with van der Waals surface area (Å²) in [6, 6.07) is 10.6. The quantitative estimate of drug-likeness (QED) is 0.795. The van der Waals surface area contributed by atoms with Crippen LogP contribution in [0.4, 0.5) is 0 Å². The molecule has 2 nitrogen and oxygen atoms in total. The van der Waals surface area contributed by atoms with Gasteiger partial charge >= 0.3 is 0 Å². The molecule has 2 unspecified atom stereocenters. The van der Waals surface area contributed by atoms with E-state index in [1.54, 1.807) is 0 Å². The van der Waals surface area contributed by atoms with E-state index in [9.17, 15) is 4.21 Å². The molecule has 112 valence electrons. The topological polar surface area (TPSA) is 29.1 Å². The van der Waals surface area contributed by atoms with Crippen LogP contribution in [0, 0.1) is 5.92 Å². The van der Waals surface area contributed by atoms with Crippen LogP contribution in [0.3, 0.4) is 0 Å². The summed E-state index contributed by atoms with van der Waals surface area (Å²) < 4.78 is 12.4. The van der Waals surface area contributed by atoms with Gasteiger partial charge in [-0.15, -0.1) is 0 Å². The Morgan fingerprint density at radius 2 is 1.95 bits per heavy atom. The fourth-order valence-corrected chi connectivity index (χ4v) is 4.54. The molecule has 20 heavy (non-hydrogen) atoms. The van der Waals surface area contributed by atoms with E-state index in [1.165, 1.54) is 31.2 Å². The van der Waals surface area contributed by atoms with Crippen molar-refractivity contribution in [2.24, 2.45) is 5.92 Å². The summed E-state index contributed by atoms with van der Waals surface area (Å²) in [5.41, 5.74) is 1.19. The van der Waals surface area contributed by atoms with Gasteiger partial charge < -0.3 is 5.32 Å². The maximum Gasteiger partial charge on any atom is 0.0486 e. The Bertz CT molecular complexity index is 401. The van der Waals surface area contributed by atoms with Crippen molar-refractivity contribution in [1.29, 1.82) is 0 Å². The molecule has 0 aliphatic heterocycles. The van der Waals surface area contributed by atoms with Gasteiger partial charge in [0.1, 0.15) is 0 Å². The van der Waals surface area contributed by atoms with Crippen molar-refractivity contribution in [2.45, 2.75) is 50.8 Å². The molecular formula is C17H27NOS. The van der Waals surface area contributed by atoms with Gasteiger partial charge in [0, 0.05) is 28.3 Å². The molecule has 0 saturated heterocycles. The van der Waals surface area contributed by atoms with Crippen LogP contribution in [-0.2, 0) is 16.6 Å². The SMILES string of the molecule is CCCNC(CS(=O)Cc1ccccc1)C1CCCC1. The second-order valence-electron chi connectivity index (χ2n) is 5.84. The molecule has 0 aromatic heterocycles. The maximum absolute atomic E-state index is 12.4. The number of hydrogen-bond acceptors (Lipinski definition) is 2. The normalized spacial score (nSPS) is 19.1. The van der Waals surface area contributed by atoms with Crippen molar-refractivity contribution in [3.05, 3.63) is 35.9 Å². The predicted molar refractivity (Wildman–Crippen MR) is 87.2 cm³/mol. The van der Waals surface area contributed by atoms with E-state index in [0.29, 0.717) is 11.8 Å². The fraction of sp³-hybridized carbons (Fsp3) is 0.647. The Hall–Kier alpha value is -0.670. The first-order valence-electron chi connectivity index (χ1n) is 7.92. The third-order valence-electron chi connectivity index (χ3n) is 4.16. The van der Waals surface area contributed by atoms with Crippen molar-refractivity contribution in [1.82, 2.24) is 5.32 Å². The molecule has 1 aliphatic carbocycles. The zero-order chi connectivity index (χ0) is 14.2. The molecule has 0 heterocycles. The van der Waals surface area contributed by atoms with E-state index in [1.807, 2.05) is 18.2 Å². The zero-order valence-electron chi connectivity index (χ0n) is 12.5. The van der Waals surface area contributed by atoms with Gasteiger partial charge in [0.25, 0.3) is 0 Å². The van der Waals surface area contributed by atoms with Gasteiger partial charge in [0.15, 0.2) is 0 Å². The molecule has 0 amide bonds. The summed E-state index contributed by atoms with van der Waals surface area (Å²) in [5, 5.41) is 3.63. The van der Waals surface area contributed by atoms with Crippen LogP contribution in [0.1, 0.15) is 44.6 Å². The fourth-order valence-electron chi connectivity index (χ4n) is 3.07. The monoisotopic (exact) mass is 293 g/mol. The van der Waals surface area contributed by atoms with Crippen molar-refractivity contribution in [2.75, 3.05) is 12.3 Å². The molecule has 0 radical (unpaired) electrons. The van der Waals surface area contributed by atoms with Crippen LogP contribution in [-0.4, -0.2) is 22.5 Å². The summed E-state index contributed by atoms with van der Waals surface area (Å²) in [6.45, 7) is 3.24. The van der Waals surface area contributed by atoms with E-state index in [2.05, 4.69) is 24.4 Å². The van der Waals surface area contributed by atoms with Gasteiger partial charge in [-0.3, -0.25) is 4.21 Å². The molecule has 3 heteroatoms. The first-order valence-corrected chi connectivity index (χ1v) is 9.40. The average molecular weight is 293 g/mol. The molecule has 2 rings (SSSR count). The lowest BCUT2D eigenvalue weighted by Crippen LogP contribution is -2.40. The Labute approximate surface area is 125 Å². The van der Waals surface area contributed by atoms with Crippen molar-refractivity contribution in [3.8, 4) is 0 Å². The van der Waals surface area contributed by atoms with Gasteiger partial charge in [0.2, 0.25) is 0 Å². The van der Waals surface area contributed by atoms with E-state index in [0.717, 1.165) is 24.6 Å². The number of nitrogens with one attached hydrogen (secondary N) is 1. The van der Waals surface area contributed by atoms with Crippen molar-refractivity contribution >= 4 is 10.8 Å². The van der Waals surface area contributed by atoms with Crippen LogP contribution in [0.25, 0.3) is 0 Å². The molecule has 1 fully saturated rings. The van der Waals surface area contributed by atoms with Gasteiger partial charge in [-0.05, 0) is 37.3 Å². The molecule has 1 aromatic carbocycles. The first kappa shape index (κ1) is 15.7. The Morgan fingerprint density at radius 3 is 2.60 bits per heavy atom. The summed E-state index contributed by atoms with van der Waals surface area (Å²) in [7, 11) is -0.763. The Kier molecular flexibility index (Phi) is 6.74. The molecule has 1 aliphatic rings. The third-order valence-corrected chi connectivity index (χ3v) is 5.55. The molecule has 1 N–H and O–H groups in total. The van der Waals surface area contributed by atoms with Crippen LogP contribution >= 0.6 is 0 Å². The van der Waals surface area contributed by atoms with E-state index < -0.39 is 10.8 Å². The smallest absolute Gasteiger partial charge is 0.0486 e. The van der Waals surface area contributed by atoms with Gasteiger partial charge in [-0.25, -0.2) is 0 Å². The van der Waals surface area contributed by atoms with Crippen molar-refractivity contribution in [3.63, 3.8) is 0 Å². The minimum Gasteiger partial charge on any atom is -0.313 e. The minimum absolute atomic E-state index is 0.446. The Balaban J connectivity index is 1.87. The summed E-state index contributed by atoms with van der Waals surface area (Å²) in [5.74, 6) is 2.23. The standard InChI is InChI=1S/C17H27NOS/c1-2-12-18-17(16-10-6-7-11-16)14-20(19)13-15-8-4-3-5-9-15/h3-5,8-9,16-18H,2,6-7,10-14H2,1H3. The predicted octanol–water partition coefficient (Wildman–Crippen LogP) is 3.49. The van der Waals surface area contributed by atoms with E-state index >= 15 is 0 Å².